The largest absolute Gasteiger partial charge is 0.447 e. The number of aromatic nitrogens is 3. The van der Waals surface area contributed by atoms with Crippen molar-refractivity contribution in [1.82, 2.24) is 30.1 Å². The molecule has 0 saturated carbocycles. The van der Waals surface area contributed by atoms with Crippen LogP contribution in [0.5, 0.6) is 0 Å². The van der Waals surface area contributed by atoms with Crippen molar-refractivity contribution in [2.24, 2.45) is 0 Å². The maximum Gasteiger partial charge on any atom is 0.447 e. The minimum Gasteiger partial charge on any atom is -0.378 e. The fourth-order valence-corrected chi connectivity index (χ4v) is 5.44. The lowest BCUT2D eigenvalue weighted by atomic mass is 10.0. The number of carbonyl (C=O) groups excluding carboxylic acids is 2. The number of benzene rings is 1. The van der Waals surface area contributed by atoms with E-state index in [1.165, 1.54) is 48.0 Å². The fraction of sp³-hybridized carbons (Fsp3) is 0.333. The molecule has 10 nitrogen and oxygen atoms in total. The number of amides is 2. The molecule has 4 aromatic rings. The third-order valence-electron chi connectivity index (χ3n) is 6.81. The van der Waals surface area contributed by atoms with Gasteiger partial charge in [-0.05, 0) is 55.9 Å². The molecule has 1 fully saturated rings. The second kappa shape index (κ2) is 12.0. The van der Waals surface area contributed by atoms with Crippen LogP contribution in [0.4, 0.5) is 23.2 Å². The number of halogens is 4. The van der Waals surface area contributed by atoms with E-state index in [4.69, 9.17) is 4.52 Å². The molecule has 0 aliphatic carbocycles. The van der Waals surface area contributed by atoms with Gasteiger partial charge in [0.2, 0.25) is 11.7 Å². The van der Waals surface area contributed by atoms with Gasteiger partial charge in [0.1, 0.15) is 6.17 Å². The highest BCUT2D eigenvalue weighted by Gasteiger charge is 2.34. The van der Waals surface area contributed by atoms with Crippen LogP contribution in [0.2, 0.25) is 0 Å². The number of pyridine rings is 1. The summed E-state index contributed by atoms with van der Waals surface area (Å²) >= 11 is -0.322. The molecule has 1 aliphatic rings. The number of fused-ring (bicyclic) bond motifs is 1. The van der Waals surface area contributed by atoms with Crippen LogP contribution in [-0.2, 0) is 6.54 Å². The monoisotopic (exact) mass is 605 g/mol. The zero-order chi connectivity index (χ0) is 30.0. The first-order valence-corrected chi connectivity index (χ1v) is 13.8. The minimum absolute atomic E-state index is 0.0245. The van der Waals surface area contributed by atoms with Gasteiger partial charge in [-0.3, -0.25) is 9.59 Å². The molecule has 222 valence electrons. The maximum absolute atomic E-state index is 14.7. The Hall–Kier alpha value is -4.11. The number of piperidine rings is 1. The van der Waals surface area contributed by atoms with E-state index < -0.39 is 23.6 Å². The molecular weight excluding hydrogens is 578 g/mol. The lowest BCUT2D eigenvalue weighted by molar-refractivity contribution is -0.0329. The molecule has 5 rings (SSSR count). The number of carbonyl (C=O) groups is 2. The molecule has 0 bridgehead atoms. The summed E-state index contributed by atoms with van der Waals surface area (Å²) in [5.41, 5.74) is -3.01. The SMILES string of the molecule is CNC(=O)c1ccc(C(=O)NCc2nc(-c3cc4c(N[C@@H]5CCN(C)C[C@@H]5F)cccn4c3SC(F)(F)F)no2)cc1. The Labute approximate surface area is 241 Å². The summed E-state index contributed by atoms with van der Waals surface area (Å²) in [6, 6.07) is 10.2. The lowest BCUT2D eigenvalue weighted by Gasteiger charge is -2.33. The van der Waals surface area contributed by atoms with Crippen molar-refractivity contribution in [3.05, 3.63) is 65.7 Å². The fourth-order valence-electron chi connectivity index (χ4n) is 4.70. The van der Waals surface area contributed by atoms with Gasteiger partial charge in [-0.15, -0.1) is 0 Å². The van der Waals surface area contributed by atoms with Gasteiger partial charge in [0.25, 0.3) is 11.8 Å². The lowest BCUT2D eigenvalue weighted by Crippen LogP contribution is -2.46. The summed E-state index contributed by atoms with van der Waals surface area (Å²) in [5.74, 6) is -0.892. The number of hydrogen-bond acceptors (Lipinski definition) is 8. The Kier molecular flexibility index (Phi) is 8.41. The molecule has 2 amide bonds. The van der Waals surface area contributed by atoms with E-state index in [0.29, 0.717) is 29.7 Å². The van der Waals surface area contributed by atoms with Crippen molar-refractivity contribution in [3.8, 4) is 11.4 Å². The average molecular weight is 606 g/mol. The Balaban J connectivity index is 1.38. The van der Waals surface area contributed by atoms with Crippen LogP contribution < -0.4 is 16.0 Å². The summed E-state index contributed by atoms with van der Waals surface area (Å²) < 4.78 is 62.2. The molecule has 3 aromatic heterocycles. The van der Waals surface area contributed by atoms with Crippen LogP contribution >= 0.6 is 11.8 Å². The first kappa shape index (κ1) is 29.4. The van der Waals surface area contributed by atoms with Gasteiger partial charge in [0, 0.05) is 49.2 Å². The topological polar surface area (TPSA) is 117 Å². The number of alkyl halides is 4. The van der Waals surface area contributed by atoms with E-state index >= 15 is 0 Å². The molecule has 3 N–H and O–H groups in total. The van der Waals surface area contributed by atoms with E-state index in [2.05, 4.69) is 26.1 Å². The van der Waals surface area contributed by atoms with E-state index in [0.717, 1.165) is 0 Å². The molecule has 4 heterocycles. The molecular formula is C27H27F4N7O3S. The summed E-state index contributed by atoms with van der Waals surface area (Å²) in [6.07, 6.45) is 0.872. The van der Waals surface area contributed by atoms with Gasteiger partial charge >= 0.3 is 5.51 Å². The number of nitrogens with zero attached hydrogens (tertiary/aromatic N) is 4. The molecule has 1 saturated heterocycles. The van der Waals surface area contributed by atoms with Crippen molar-refractivity contribution in [1.29, 1.82) is 0 Å². The highest BCUT2D eigenvalue weighted by molar-refractivity contribution is 8.00. The summed E-state index contributed by atoms with van der Waals surface area (Å²) in [7, 11) is 3.33. The van der Waals surface area contributed by atoms with E-state index in [-0.39, 0.29) is 58.6 Å². The molecule has 2 atom stereocenters. The molecule has 1 aromatic carbocycles. The number of nitrogens with one attached hydrogen (secondary N) is 3. The van der Waals surface area contributed by atoms with Crippen molar-refractivity contribution >= 4 is 34.8 Å². The summed E-state index contributed by atoms with van der Waals surface area (Å²) in [5, 5.41) is 11.9. The summed E-state index contributed by atoms with van der Waals surface area (Å²) in [6.45, 7) is 0.761. The molecule has 1 aliphatic heterocycles. The number of rotatable bonds is 8. The molecule has 0 unspecified atom stereocenters. The highest BCUT2D eigenvalue weighted by Crippen LogP contribution is 2.43. The smallest absolute Gasteiger partial charge is 0.378 e. The zero-order valence-electron chi connectivity index (χ0n) is 22.5. The van der Waals surface area contributed by atoms with Gasteiger partial charge < -0.3 is 29.8 Å². The van der Waals surface area contributed by atoms with Gasteiger partial charge in [-0.1, -0.05) is 5.16 Å². The first-order chi connectivity index (χ1) is 20.0. The first-order valence-electron chi connectivity index (χ1n) is 12.9. The number of anilines is 1. The predicted octanol–water partition coefficient (Wildman–Crippen LogP) is 4.34. The normalized spacial score (nSPS) is 17.8. The van der Waals surface area contributed by atoms with Gasteiger partial charge in [-0.25, -0.2) is 4.39 Å². The van der Waals surface area contributed by atoms with Crippen LogP contribution in [0, 0.1) is 0 Å². The molecule has 15 heteroatoms. The molecule has 0 radical (unpaired) electrons. The molecule has 0 spiro atoms. The van der Waals surface area contributed by atoms with Crippen LogP contribution in [0.15, 0.2) is 58.2 Å². The Morgan fingerprint density at radius 1 is 1.14 bits per heavy atom. The zero-order valence-corrected chi connectivity index (χ0v) is 23.4. The Morgan fingerprint density at radius 2 is 1.86 bits per heavy atom. The maximum atomic E-state index is 14.7. The quantitative estimate of drug-likeness (QED) is 0.201. The second-order valence-electron chi connectivity index (χ2n) is 9.76. The predicted molar refractivity (Wildman–Crippen MR) is 148 cm³/mol. The Morgan fingerprint density at radius 3 is 2.52 bits per heavy atom. The van der Waals surface area contributed by atoms with Crippen molar-refractivity contribution < 1.29 is 31.7 Å². The van der Waals surface area contributed by atoms with E-state index in [1.807, 2.05) is 11.9 Å². The third-order valence-corrected chi connectivity index (χ3v) is 7.65. The van der Waals surface area contributed by atoms with Crippen LogP contribution in [-0.4, -0.2) is 76.2 Å². The van der Waals surface area contributed by atoms with Crippen molar-refractivity contribution in [3.63, 3.8) is 0 Å². The van der Waals surface area contributed by atoms with Gasteiger partial charge in [-0.2, -0.15) is 18.2 Å². The van der Waals surface area contributed by atoms with Crippen LogP contribution in [0.25, 0.3) is 16.9 Å². The van der Waals surface area contributed by atoms with Crippen molar-refractivity contribution in [2.45, 2.75) is 35.7 Å². The van der Waals surface area contributed by atoms with Gasteiger partial charge in [0.05, 0.1) is 34.4 Å². The number of hydrogen-bond donors (Lipinski definition) is 3. The van der Waals surface area contributed by atoms with E-state index in [9.17, 15) is 27.2 Å². The number of likely N-dealkylation sites (tertiary alicyclic amines) is 1. The number of thioether (sulfide) groups is 1. The average Bonchev–Trinajstić information content (AvgIpc) is 3.57. The van der Waals surface area contributed by atoms with Gasteiger partial charge in [0.15, 0.2) is 0 Å². The third kappa shape index (κ3) is 6.51. The second-order valence-corrected chi connectivity index (χ2v) is 10.8. The minimum atomic E-state index is -4.61. The van der Waals surface area contributed by atoms with Crippen molar-refractivity contribution in [2.75, 3.05) is 32.5 Å². The van der Waals surface area contributed by atoms with Crippen LogP contribution in [0.1, 0.15) is 33.0 Å². The van der Waals surface area contributed by atoms with E-state index in [1.54, 1.807) is 12.1 Å². The summed E-state index contributed by atoms with van der Waals surface area (Å²) in [4.78, 5) is 30.3. The van der Waals surface area contributed by atoms with Crippen LogP contribution in [0.3, 0.4) is 0 Å². The standard InChI is InChI=1S/C27H27F4N7O3S/c1-32-24(39)15-5-7-16(8-6-15)25(40)33-13-22-35-23(36-41-22)17-12-21-20(34-19-9-11-37(2)14-18(19)28)4-3-10-38(21)26(17)42-27(29,30)31/h3-8,10,12,18-19,34H,9,11,13-14H2,1-2H3,(H,32,39)(H,33,40)/t18-,19+/m0/s1. The Bertz CT molecular complexity index is 1590. The highest BCUT2D eigenvalue weighted by atomic mass is 32.2. The molecule has 42 heavy (non-hydrogen) atoms.